The number of hydrogen-bond acceptors (Lipinski definition) is 5. The van der Waals surface area contributed by atoms with Crippen molar-refractivity contribution in [3.8, 4) is 0 Å². The Morgan fingerprint density at radius 1 is 1.18 bits per heavy atom. The van der Waals surface area contributed by atoms with Crippen LogP contribution in [0.25, 0.3) is 10.1 Å². The van der Waals surface area contributed by atoms with Gasteiger partial charge in [-0.15, -0.1) is 11.3 Å². The predicted molar refractivity (Wildman–Crippen MR) is 117 cm³/mol. The standard InChI is InChI=1S/C22H32N4OS/c1-2-20(27)24-19-5-3-17(4-6-19)8-11-25-12-14-26(15-13-25)22-21-18(7-10-23-22)9-16-28-21/h7,9-10,16-17,19H,2-6,8,11-15H2,1H3,(H,24,27)/t17-,19-. The van der Waals surface area contributed by atoms with Gasteiger partial charge in [0.25, 0.3) is 0 Å². The Labute approximate surface area is 172 Å². The summed E-state index contributed by atoms with van der Waals surface area (Å²) in [6.45, 7) is 7.54. The average molecular weight is 401 g/mol. The number of nitrogens with one attached hydrogen (secondary N) is 1. The third-order valence-electron chi connectivity index (χ3n) is 6.41. The quantitative estimate of drug-likeness (QED) is 0.799. The molecule has 6 heteroatoms. The van der Waals surface area contributed by atoms with Gasteiger partial charge in [0.1, 0.15) is 5.82 Å². The Bertz CT molecular complexity index is 776. The Morgan fingerprint density at radius 3 is 2.71 bits per heavy atom. The molecular weight excluding hydrogens is 368 g/mol. The molecule has 2 fully saturated rings. The summed E-state index contributed by atoms with van der Waals surface area (Å²) < 4.78 is 1.32. The van der Waals surface area contributed by atoms with Gasteiger partial charge in [0.2, 0.25) is 5.91 Å². The first-order chi connectivity index (χ1) is 13.7. The van der Waals surface area contributed by atoms with Gasteiger partial charge in [-0.1, -0.05) is 6.92 Å². The summed E-state index contributed by atoms with van der Waals surface area (Å²) in [5.41, 5.74) is 0. The zero-order chi connectivity index (χ0) is 19.3. The van der Waals surface area contributed by atoms with E-state index in [1.54, 1.807) is 11.3 Å². The number of piperazine rings is 1. The van der Waals surface area contributed by atoms with Crippen molar-refractivity contribution < 1.29 is 4.79 Å². The molecule has 1 aliphatic heterocycles. The van der Waals surface area contributed by atoms with Crippen LogP contribution in [0.1, 0.15) is 45.4 Å². The number of pyridine rings is 1. The van der Waals surface area contributed by atoms with E-state index in [4.69, 9.17) is 0 Å². The molecular formula is C22H32N4OS. The molecule has 3 heterocycles. The molecule has 1 saturated heterocycles. The SMILES string of the molecule is CCC(=O)N[C@H]1CC[C@H](CCN2CCN(c3nccc4ccsc34)CC2)CC1. The number of hydrogen-bond donors (Lipinski definition) is 1. The van der Waals surface area contributed by atoms with Crippen LogP contribution in [-0.4, -0.2) is 54.6 Å². The molecule has 2 aliphatic rings. The van der Waals surface area contributed by atoms with Crippen LogP contribution in [0, 0.1) is 5.92 Å². The third-order valence-corrected chi connectivity index (χ3v) is 7.33. The van der Waals surface area contributed by atoms with Gasteiger partial charge in [-0.05, 0) is 67.5 Å². The normalized spacial score (nSPS) is 23.8. The van der Waals surface area contributed by atoms with Gasteiger partial charge in [-0.3, -0.25) is 9.69 Å². The Kier molecular flexibility index (Phi) is 6.47. The lowest BCUT2D eigenvalue weighted by Crippen LogP contribution is -2.47. The molecule has 2 aromatic rings. The minimum atomic E-state index is 0.203. The van der Waals surface area contributed by atoms with Crippen molar-refractivity contribution in [3.05, 3.63) is 23.7 Å². The van der Waals surface area contributed by atoms with E-state index in [-0.39, 0.29) is 5.91 Å². The Balaban J connectivity index is 1.19. The average Bonchev–Trinajstić information content (AvgIpc) is 3.22. The summed E-state index contributed by atoms with van der Waals surface area (Å²) in [6, 6.07) is 4.71. The van der Waals surface area contributed by atoms with Gasteiger partial charge in [0.05, 0.1) is 4.70 Å². The molecule has 0 unspecified atom stereocenters. The monoisotopic (exact) mass is 400 g/mol. The van der Waals surface area contributed by atoms with E-state index in [1.807, 2.05) is 13.1 Å². The lowest BCUT2D eigenvalue weighted by atomic mass is 9.84. The van der Waals surface area contributed by atoms with Crippen LogP contribution in [0.4, 0.5) is 5.82 Å². The largest absolute Gasteiger partial charge is 0.353 e. The summed E-state index contributed by atoms with van der Waals surface area (Å²) in [5, 5.41) is 6.64. The van der Waals surface area contributed by atoms with Gasteiger partial charge < -0.3 is 10.2 Å². The molecule has 1 aliphatic carbocycles. The lowest BCUT2D eigenvalue weighted by Gasteiger charge is -2.37. The van der Waals surface area contributed by atoms with Crippen molar-refractivity contribution in [1.29, 1.82) is 0 Å². The lowest BCUT2D eigenvalue weighted by molar-refractivity contribution is -0.121. The first kappa shape index (κ1) is 19.6. The van der Waals surface area contributed by atoms with Crippen LogP contribution in [0.3, 0.4) is 0 Å². The molecule has 28 heavy (non-hydrogen) atoms. The van der Waals surface area contributed by atoms with Gasteiger partial charge in [0.15, 0.2) is 0 Å². The van der Waals surface area contributed by atoms with E-state index >= 15 is 0 Å². The number of thiophene rings is 1. The van der Waals surface area contributed by atoms with Crippen LogP contribution in [0.2, 0.25) is 0 Å². The molecule has 1 amide bonds. The third kappa shape index (κ3) is 4.66. The summed E-state index contributed by atoms with van der Waals surface area (Å²) in [7, 11) is 0. The maximum absolute atomic E-state index is 11.6. The fraction of sp³-hybridized carbons (Fsp3) is 0.636. The van der Waals surface area contributed by atoms with E-state index in [0.29, 0.717) is 12.5 Å². The van der Waals surface area contributed by atoms with Crippen LogP contribution in [0.5, 0.6) is 0 Å². The zero-order valence-corrected chi connectivity index (χ0v) is 17.7. The van der Waals surface area contributed by atoms with Crippen LogP contribution in [-0.2, 0) is 4.79 Å². The topological polar surface area (TPSA) is 48.5 Å². The van der Waals surface area contributed by atoms with E-state index in [1.165, 1.54) is 41.7 Å². The molecule has 0 aromatic carbocycles. The van der Waals surface area contributed by atoms with Gasteiger partial charge in [-0.2, -0.15) is 0 Å². The smallest absolute Gasteiger partial charge is 0.219 e. The summed E-state index contributed by atoms with van der Waals surface area (Å²) >= 11 is 1.80. The van der Waals surface area contributed by atoms with Gasteiger partial charge >= 0.3 is 0 Å². The van der Waals surface area contributed by atoms with Crippen molar-refractivity contribution in [2.75, 3.05) is 37.6 Å². The highest BCUT2D eigenvalue weighted by molar-refractivity contribution is 7.17. The summed E-state index contributed by atoms with van der Waals surface area (Å²) in [6.07, 6.45) is 8.67. The van der Waals surface area contributed by atoms with Crippen LogP contribution < -0.4 is 10.2 Å². The Hall–Kier alpha value is -1.66. The molecule has 0 radical (unpaired) electrons. The number of carbonyl (C=O) groups is 1. The first-order valence-corrected chi connectivity index (χ1v) is 11.7. The number of nitrogens with zero attached hydrogens (tertiary/aromatic N) is 3. The second kappa shape index (κ2) is 9.23. The van der Waals surface area contributed by atoms with Crippen molar-refractivity contribution in [1.82, 2.24) is 15.2 Å². The number of amides is 1. The second-order valence-corrected chi connectivity index (χ2v) is 9.15. The van der Waals surface area contributed by atoms with E-state index < -0.39 is 0 Å². The fourth-order valence-electron chi connectivity index (χ4n) is 4.58. The molecule has 0 atom stereocenters. The number of carbonyl (C=O) groups excluding carboxylic acids is 1. The van der Waals surface area contributed by atoms with Crippen molar-refractivity contribution in [3.63, 3.8) is 0 Å². The number of anilines is 1. The van der Waals surface area contributed by atoms with E-state index in [2.05, 4.69) is 37.6 Å². The van der Waals surface area contributed by atoms with Gasteiger partial charge in [0, 0.05) is 44.8 Å². The van der Waals surface area contributed by atoms with Crippen molar-refractivity contribution in [2.24, 2.45) is 5.92 Å². The van der Waals surface area contributed by atoms with Crippen LogP contribution in [0.15, 0.2) is 23.7 Å². The minimum Gasteiger partial charge on any atom is -0.353 e. The maximum atomic E-state index is 11.6. The minimum absolute atomic E-state index is 0.203. The molecule has 4 rings (SSSR count). The molecule has 0 spiro atoms. The van der Waals surface area contributed by atoms with E-state index in [9.17, 15) is 4.79 Å². The number of rotatable bonds is 6. The van der Waals surface area contributed by atoms with Crippen LogP contribution >= 0.6 is 11.3 Å². The summed E-state index contributed by atoms with van der Waals surface area (Å²) in [5.74, 6) is 2.20. The van der Waals surface area contributed by atoms with E-state index in [0.717, 1.165) is 44.9 Å². The highest BCUT2D eigenvalue weighted by Gasteiger charge is 2.24. The first-order valence-electron chi connectivity index (χ1n) is 10.8. The molecule has 0 bridgehead atoms. The highest BCUT2D eigenvalue weighted by Crippen LogP contribution is 2.30. The molecule has 5 nitrogen and oxygen atoms in total. The maximum Gasteiger partial charge on any atom is 0.219 e. The number of aromatic nitrogens is 1. The zero-order valence-electron chi connectivity index (χ0n) is 16.9. The number of fused-ring (bicyclic) bond motifs is 1. The van der Waals surface area contributed by atoms with Crippen molar-refractivity contribution in [2.45, 2.75) is 51.5 Å². The molecule has 152 valence electrons. The van der Waals surface area contributed by atoms with Gasteiger partial charge in [-0.25, -0.2) is 4.98 Å². The van der Waals surface area contributed by atoms with Crippen molar-refractivity contribution >= 4 is 33.1 Å². The molecule has 1 N–H and O–H groups in total. The molecule has 2 aromatic heterocycles. The second-order valence-electron chi connectivity index (χ2n) is 8.23. The fourth-order valence-corrected chi connectivity index (χ4v) is 5.49. The molecule has 1 saturated carbocycles. The summed E-state index contributed by atoms with van der Waals surface area (Å²) in [4.78, 5) is 21.3. The Morgan fingerprint density at radius 2 is 1.96 bits per heavy atom. The predicted octanol–water partition coefficient (Wildman–Crippen LogP) is 3.89. The highest BCUT2D eigenvalue weighted by atomic mass is 32.1.